The van der Waals surface area contributed by atoms with Crippen molar-refractivity contribution < 1.29 is 4.74 Å². The predicted molar refractivity (Wildman–Crippen MR) is 122 cm³/mol. The molecule has 1 aliphatic rings. The van der Waals surface area contributed by atoms with Crippen LogP contribution in [0.15, 0.2) is 22.5 Å². The van der Waals surface area contributed by atoms with Gasteiger partial charge in [-0.2, -0.15) is 0 Å². The molecule has 0 saturated carbocycles. The van der Waals surface area contributed by atoms with Gasteiger partial charge in [0, 0.05) is 50.0 Å². The van der Waals surface area contributed by atoms with E-state index in [9.17, 15) is 0 Å². The quantitative estimate of drug-likeness (QED) is 0.367. The van der Waals surface area contributed by atoms with Gasteiger partial charge in [0.2, 0.25) is 0 Å². The Kier molecular flexibility index (Phi) is 8.78. The zero-order valence-corrected chi connectivity index (χ0v) is 19.5. The van der Waals surface area contributed by atoms with Gasteiger partial charge >= 0.3 is 0 Å². The highest BCUT2D eigenvalue weighted by atomic mass is 127. The average Bonchev–Trinajstić information content (AvgIpc) is 3.33. The van der Waals surface area contributed by atoms with Crippen molar-refractivity contribution in [2.45, 2.75) is 19.8 Å². The van der Waals surface area contributed by atoms with Crippen molar-refractivity contribution in [3.8, 4) is 10.6 Å². The molecule has 3 heterocycles. The number of guanidine groups is 1. The molecule has 8 heteroatoms. The summed E-state index contributed by atoms with van der Waals surface area (Å²) in [6.07, 6.45) is 2.18. The number of thiophene rings is 1. The van der Waals surface area contributed by atoms with Crippen LogP contribution in [0.5, 0.6) is 0 Å². The lowest BCUT2D eigenvalue weighted by Gasteiger charge is -2.21. The molecule has 144 valence electrons. The highest BCUT2D eigenvalue weighted by molar-refractivity contribution is 14.0. The Morgan fingerprint density at radius 3 is 3.00 bits per heavy atom. The van der Waals surface area contributed by atoms with Gasteiger partial charge < -0.3 is 15.0 Å². The third-order valence-corrected chi connectivity index (χ3v) is 6.33. The van der Waals surface area contributed by atoms with Crippen molar-refractivity contribution in [2.24, 2.45) is 10.9 Å². The van der Waals surface area contributed by atoms with Gasteiger partial charge in [0.15, 0.2) is 5.96 Å². The summed E-state index contributed by atoms with van der Waals surface area (Å²) in [6, 6.07) is 4.39. The maximum absolute atomic E-state index is 5.28. The second kappa shape index (κ2) is 10.6. The molecular formula is C18H27IN4OS2. The van der Waals surface area contributed by atoms with E-state index in [1.165, 1.54) is 16.2 Å². The molecule has 1 aliphatic heterocycles. The van der Waals surface area contributed by atoms with Crippen molar-refractivity contribution in [3.63, 3.8) is 0 Å². The highest BCUT2D eigenvalue weighted by Gasteiger charge is 2.24. The third-order valence-electron chi connectivity index (χ3n) is 4.39. The van der Waals surface area contributed by atoms with E-state index in [4.69, 9.17) is 4.74 Å². The first-order valence-corrected chi connectivity index (χ1v) is 10.3. The van der Waals surface area contributed by atoms with Gasteiger partial charge in [-0.1, -0.05) is 0 Å². The number of halogens is 1. The molecule has 1 N–H and O–H groups in total. The number of aliphatic imine (C=N–C) groups is 1. The molecule has 5 nitrogen and oxygen atoms in total. The molecule has 0 amide bonds. The summed E-state index contributed by atoms with van der Waals surface area (Å²) in [4.78, 5) is 14.0. The van der Waals surface area contributed by atoms with Crippen LogP contribution in [0, 0.1) is 12.8 Å². The lowest BCUT2D eigenvalue weighted by Crippen LogP contribution is -2.41. The second-order valence-electron chi connectivity index (χ2n) is 6.30. The summed E-state index contributed by atoms with van der Waals surface area (Å²) < 4.78 is 5.28. The highest BCUT2D eigenvalue weighted by Crippen LogP contribution is 2.29. The molecule has 3 rings (SSSR count). The second-order valence-corrected chi connectivity index (χ2v) is 8.53. The first-order valence-electron chi connectivity index (χ1n) is 8.65. The molecule has 26 heavy (non-hydrogen) atoms. The van der Waals surface area contributed by atoms with Crippen LogP contribution in [-0.2, 0) is 11.2 Å². The monoisotopic (exact) mass is 506 g/mol. The van der Waals surface area contributed by atoms with E-state index < -0.39 is 0 Å². The van der Waals surface area contributed by atoms with Crippen molar-refractivity contribution in [3.05, 3.63) is 27.4 Å². The molecule has 0 spiro atoms. The van der Waals surface area contributed by atoms with Crippen LogP contribution >= 0.6 is 46.7 Å². The number of likely N-dealkylation sites (tertiary alicyclic amines) is 1. The Balaban J connectivity index is 0.00000243. The van der Waals surface area contributed by atoms with Gasteiger partial charge in [-0.05, 0) is 31.9 Å². The molecule has 1 fully saturated rings. The summed E-state index contributed by atoms with van der Waals surface area (Å²) in [7, 11) is 3.64. The predicted octanol–water partition coefficient (Wildman–Crippen LogP) is 3.88. The standard InChI is InChI=1S/C18H26N4OS2.HI/c1-13-21-16(12-24-13)17-5-4-15(25-17)6-8-20-18(19-2)22-9-7-14(10-22)11-23-3;/h4-5,12,14H,6-11H2,1-3H3,(H,19,20);1H. The Morgan fingerprint density at radius 1 is 1.46 bits per heavy atom. The van der Waals surface area contributed by atoms with Crippen LogP contribution in [0.25, 0.3) is 10.6 Å². The first-order chi connectivity index (χ1) is 12.2. The maximum atomic E-state index is 5.28. The maximum Gasteiger partial charge on any atom is 0.193 e. The van der Waals surface area contributed by atoms with Gasteiger partial charge in [-0.25, -0.2) is 4.98 Å². The normalized spacial score (nSPS) is 17.4. The summed E-state index contributed by atoms with van der Waals surface area (Å²) in [6.45, 7) is 5.86. The summed E-state index contributed by atoms with van der Waals surface area (Å²) in [5.41, 5.74) is 1.10. The van der Waals surface area contributed by atoms with Gasteiger partial charge in [-0.3, -0.25) is 4.99 Å². The minimum Gasteiger partial charge on any atom is -0.384 e. The summed E-state index contributed by atoms with van der Waals surface area (Å²) >= 11 is 3.54. The molecule has 0 radical (unpaired) electrons. The summed E-state index contributed by atoms with van der Waals surface area (Å²) in [5, 5.41) is 6.76. The van der Waals surface area contributed by atoms with E-state index in [1.807, 2.05) is 25.3 Å². The van der Waals surface area contributed by atoms with E-state index in [-0.39, 0.29) is 24.0 Å². The fraction of sp³-hybridized carbons (Fsp3) is 0.556. The van der Waals surface area contributed by atoms with Crippen molar-refractivity contribution in [1.29, 1.82) is 0 Å². The number of hydrogen-bond donors (Lipinski definition) is 1. The molecule has 0 aromatic carbocycles. The van der Waals surface area contributed by atoms with E-state index in [0.717, 1.165) is 49.3 Å². The Hall–Kier alpha value is -0.710. The Bertz CT molecular complexity index is 716. The van der Waals surface area contributed by atoms with E-state index in [1.54, 1.807) is 18.4 Å². The molecule has 0 aliphatic carbocycles. The molecular weight excluding hydrogens is 479 g/mol. The summed E-state index contributed by atoms with van der Waals surface area (Å²) in [5.74, 6) is 1.62. The number of aryl methyl sites for hydroxylation is 1. The number of methoxy groups -OCH3 is 1. The number of nitrogens with one attached hydrogen (secondary N) is 1. The number of aromatic nitrogens is 1. The number of thiazole rings is 1. The van der Waals surface area contributed by atoms with Gasteiger partial charge in [-0.15, -0.1) is 46.7 Å². The number of ether oxygens (including phenoxy) is 1. The van der Waals surface area contributed by atoms with Crippen molar-refractivity contribution >= 4 is 52.6 Å². The van der Waals surface area contributed by atoms with E-state index >= 15 is 0 Å². The van der Waals surface area contributed by atoms with Gasteiger partial charge in [0.05, 0.1) is 22.2 Å². The van der Waals surface area contributed by atoms with Crippen LogP contribution < -0.4 is 5.32 Å². The fourth-order valence-corrected chi connectivity index (χ4v) is 4.81. The van der Waals surface area contributed by atoms with Crippen molar-refractivity contribution in [1.82, 2.24) is 15.2 Å². The minimum atomic E-state index is 0. The molecule has 0 bridgehead atoms. The SMILES string of the molecule is CN=C(NCCc1ccc(-c2csc(C)n2)s1)N1CCC(COC)C1.I. The number of nitrogens with zero attached hydrogens (tertiary/aromatic N) is 3. The smallest absolute Gasteiger partial charge is 0.193 e. The molecule has 2 aromatic rings. The van der Waals surface area contributed by atoms with Crippen LogP contribution in [-0.4, -0.2) is 56.2 Å². The largest absolute Gasteiger partial charge is 0.384 e. The topological polar surface area (TPSA) is 49.8 Å². The van der Waals surface area contributed by atoms with Gasteiger partial charge in [0.1, 0.15) is 0 Å². The number of hydrogen-bond acceptors (Lipinski definition) is 5. The van der Waals surface area contributed by atoms with Crippen LogP contribution in [0.3, 0.4) is 0 Å². The minimum absolute atomic E-state index is 0. The zero-order valence-electron chi connectivity index (χ0n) is 15.5. The van der Waals surface area contributed by atoms with Crippen LogP contribution in [0.4, 0.5) is 0 Å². The first kappa shape index (κ1) is 21.6. The lowest BCUT2D eigenvalue weighted by atomic mass is 10.1. The van der Waals surface area contributed by atoms with Crippen LogP contribution in [0.1, 0.15) is 16.3 Å². The fourth-order valence-electron chi connectivity index (χ4n) is 3.15. The Morgan fingerprint density at radius 2 is 2.31 bits per heavy atom. The Labute approximate surface area is 180 Å². The lowest BCUT2D eigenvalue weighted by molar-refractivity contribution is 0.157. The molecule has 2 aromatic heterocycles. The van der Waals surface area contributed by atoms with E-state index in [0.29, 0.717) is 5.92 Å². The average molecular weight is 506 g/mol. The third kappa shape index (κ3) is 5.64. The molecule has 1 unspecified atom stereocenters. The number of rotatable bonds is 6. The van der Waals surface area contributed by atoms with E-state index in [2.05, 4.69) is 37.7 Å². The zero-order chi connectivity index (χ0) is 17.6. The molecule has 1 atom stereocenters. The molecule has 1 saturated heterocycles. The van der Waals surface area contributed by atoms with Gasteiger partial charge in [0.25, 0.3) is 0 Å². The van der Waals surface area contributed by atoms with Crippen LogP contribution in [0.2, 0.25) is 0 Å². The van der Waals surface area contributed by atoms with Crippen molar-refractivity contribution in [2.75, 3.05) is 40.4 Å².